The van der Waals surface area contributed by atoms with Crippen molar-refractivity contribution in [1.82, 2.24) is 15.1 Å². The number of aromatic nitrogens is 2. The summed E-state index contributed by atoms with van der Waals surface area (Å²) in [4.78, 5) is 39.3. The first-order valence-electron chi connectivity index (χ1n) is 12.8. The lowest BCUT2D eigenvalue weighted by atomic mass is 9.75. The molecule has 1 saturated carbocycles. The molecule has 1 atom stereocenters. The molecule has 1 aliphatic carbocycles. The molecule has 1 spiro atoms. The lowest BCUT2D eigenvalue weighted by Gasteiger charge is -2.31. The van der Waals surface area contributed by atoms with Crippen molar-refractivity contribution in [3.05, 3.63) is 41.2 Å². The van der Waals surface area contributed by atoms with Gasteiger partial charge in [0.2, 0.25) is 11.8 Å². The molecule has 1 saturated heterocycles. The van der Waals surface area contributed by atoms with Gasteiger partial charge < -0.3 is 20.7 Å². The predicted octanol–water partition coefficient (Wildman–Crippen LogP) is 3.90. The number of nitrogens with zero attached hydrogens (tertiary/aromatic N) is 2. The van der Waals surface area contributed by atoms with Crippen molar-refractivity contribution in [3.63, 3.8) is 0 Å². The van der Waals surface area contributed by atoms with E-state index >= 15 is 0 Å². The Kier molecular flexibility index (Phi) is 6.98. The number of alkyl halides is 2. The van der Waals surface area contributed by atoms with Gasteiger partial charge in [0.15, 0.2) is 0 Å². The van der Waals surface area contributed by atoms with Crippen LogP contribution >= 0.6 is 0 Å². The molecule has 0 radical (unpaired) electrons. The number of fused-ring (bicyclic) bond motifs is 2. The first kappa shape index (κ1) is 25.3. The number of hydrogen-bond acceptors (Lipinski definition) is 5. The zero-order valence-electron chi connectivity index (χ0n) is 20.7. The van der Waals surface area contributed by atoms with Gasteiger partial charge in [-0.2, -0.15) is 18.6 Å². The highest BCUT2D eigenvalue weighted by atomic mass is 19.3. The summed E-state index contributed by atoms with van der Waals surface area (Å²) >= 11 is 0. The van der Waals surface area contributed by atoms with E-state index in [1.54, 1.807) is 12.1 Å². The Hall–Kier alpha value is -3.34. The summed E-state index contributed by atoms with van der Waals surface area (Å²) in [5.41, 5.74) is 1.41. The van der Waals surface area contributed by atoms with Crippen molar-refractivity contribution in [3.8, 4) is 0 Å². The number of amides is 3. The fourth-order valence-electron chi connectivity index (χ4n) is 5.86. The maximum atomic E-state index is 13.5. The molecular formula is C26H31F2N5O4. The van der Waals surface area contributed by atoms with Crippen LogP contribution in [-0.4, -0.2) is 46.8 Å². The highest BCUT2D eigenvalue weighted by Gasteiger charge is 2.47. The third-order valence-electron chi connectivity index (χ3n) is 7.80. The van der Waals surface area contributed by atoms with Gasteiger partial charge in [0, 0.05) is 24.6 Å². The largest absolute Gasteiger partial charge is 0.381 e. The van der Waals surface area contributed by atoms with Crippen molar-refractivity contribution in [2.75, 3.05) is 23.8 Å². The van der Waals surface area contributed by atoms with Crippen LogP contribution in [-0.2, 0) is 19.7 Å². The van der Waals surface area contributed by atoms with Crippen LogP contribution in [0, 0.1) is 12.8 Å². The van der Waals surface area contributed by atoms with Crippen molar-refractivity contribution in [2.24, 2.45) is 5.92 Å². The van der Waals surface area contributed by atoms with Crippen molar-refractivity contribution < 1.29 is 27.9 Å². The molecule has 1 unspecified atom stereocenters. The van der Waals surface area contributed by atoms with E-state index in [1.807, 2.05) is 6.07 Å². The fraction of sp³-hybridized carbons (Fsp3) is 0.538. The minimum atomic E-state index is -2.97. The Balaban J connectivity index is 1.36. The van der Waals surface area contributed by atoms with Crippen molar-refractivity contribution in [2.45, 2.75) is 69.9 Å². The highest BCUT2D eigenvalue weighted by Crippen LogP contribution is 2.45. The Labute approximate surface area is 213 Å². The van der Waals surface area contributed by atoms with E-state index in [-0.39, 0.29) is 23.2 Å². The maximum Gasteiger partial charge on any atom is 0.333 e. The molecule has 2 aromatic rings. The predicted molar refractivity (Wildman–Crippen MR) is 131 cm³/mol. The van der Waals surface area contributed by atoms with Crippen LogP contribution in [0.3, 0.4) is 0 Å². The van der Waals surface area contributed by atoms with Gasteiger partial charge >= 0.3 is 6.55 Å². The van der Waals surface area contributed by atoms with E-state index in [4.69, 9.17) is 4.74 Å². The van der Waals surface area contributed by atoms with Crippen LogP contribution in [0.2, 0.25) is 0 Å². The number of nitrogens with one attached hydrogen (secondary N) is 3. The van der Waals surface area contributed by atoms with Gasteiger partial charge in [-0.15, -0.1) is 0 Å². The normalized spacial score (nSPS) is 19.9. The number of rotatable bonds is 6. The number of carbonyl (C=O) groups excluding carboxylic acids is 3. The van der Waals surface area contributed by atoms with E-state index in [2.05, 4.69) is 21.0 Å². The minimum absolute atomic E-state index is 0.0624. The summed E-state index contributed by atoms with van der Waals surface area (Å²) in [5, 5.41) is 12.2. The Morgan fingerprint density at radius 1 is 1.16 bits per heavy atom. The summed E-state index contributed by atoms with van der Waals surface area (Å²) in [7, 11) is 0. The molecule has 37 heavy (non-hydrogen) atoms. The number of ether oxygens (including phenoxy) is 1. The molecule has 3 N–H and O–H groups in total. The van der Waals surface area contributed by atoms with Crippen LogP contribution in [0.1, 0.15) is 73.2 Å². The van der Waals surface area contributed by atoms with Crippen LogP contribution in [0.4, 0.5) is 20.2 Å². The number of benzene rings is 1. The second kappa shape index (κ2) is 10.2. The van der Waals surface area contributed by atoms with E-state index in [9.17, 15) is 23.2 Å². The summed E-state index contributed by atoms with van der Waals surface area (Å²) in [5.74, 6) is -1.38. The van der Waals surface area contributed by atoms with E-state index < -0.39 is 29.8 Å². The number of aryl methyl sites for hydroxylation is 1. The quantitative estimate of drug-likeness (QED) is 0.540. The highest BCUT2D eigenvalue weighted by molar-refractivity contribution is 6.07. The second-order valence-electron chi connectivity index (χ2n) is 10.1. The smallest absolute Gasteiger partial charge is 0.333 e. The molecular weight excluding hydrogens is 484 g/mol. The van der Waals surface area contributed by atoms with Gasteiger partial charge in [0.05, 0.1) is 11.1 Å². The van der Waals surface area contributed by atoms with Crippen LogP contribution < -0.4 is 16.0 Å². The monoisotopic (exact) mass is 515 g/mol. The summed E-state index contributed by atoms with van der Waals surface area (Å²) in [6.45, 7) is -0.425. The first-order valence-corrected chi connectivity index (χ1v) is 12.8. The molecule has 3 heterocycles. The van der Waals surface area contributed by atoms with Crippen molar-refractivity contribution >= 4 is 29.1 Å². The molecule has 198 valence electrons. The van der Waals surface area contributed by atoms with Crippen LogP contribution in [0.15, 0.2) is 24.3 Å². The first-order chi connectivity index (χ1) is 17.8. The van der Waals surface area contributed by atoms with Gasteiger partial charge in [0.1, 0.15) is 11.7 Å². The molecule has 3 aliphatic rings. The lowest BCUT2D eigenvalue weighted by molar-refractivity contribution is -0.124. The molecule has 1 aromatic carbocycles. The Morgan fingerprint density at radius 3 is 2.59 bits per heavy atom. The zero-order chi connectivity index (χ0) is 26.2. The van der Waals surface area contributed by atoms with E-state index in [0.717, 1.165) is 37.7 Å². The Morgan fingerprint density at radius 2 is 1.89 bits per heavy atom. The maximum absolute atomic E-state index is 13.5. The van der Waals surface area contributed by atoms with Crippen LogP contribution in [0.25, 0.3) is 0 Å². The molecule has 11 heteroatoms. The van der Waals surface area contributed by atoms with Gasteiger partial charge in [-0.05, 0) is 62.3 Å². The topological polar surface area (TPSA) is 114 Å². The molecule has 9 nitrogen and oxygen atoms in total. The minimum Gasteiger partial charge on any atom is -0.381 e. The number of halogens is 2. The summed E-state index contributed by atoms with van der Waals surface area (Å²) < 4.78 is 32.6. The summed E-state index contributed by atoms with van der Waals surface area (Å²) in [6, 6.07) is 5.71. The van der Waals surface area contributed by atoms with Crippen molar-refractivity contribution in [1.29, 1.82) is 0 Å². The standard InChI is InChI=1S/C26H31F2N5O4/c1-15-13-20(33(32-15)25(27)28)22(34)31-21(16-5-3-2-4-6-16)23(35)29-17-7-8-18-19(14-17)30-24(36)26(18)9-11-37-12-10-26/h7-8,13-14,16,21,25H,2-6,9-12H2,1H3,(H,29,35)(H,30,36)(H,31,34). The van der Waals surface area contributed by atoms with E-state index in [1.165, 1.54) is 13.0 Å². The zero-order valence-corrected chi connectivity index (χ0v) is 20.7. The third kappa shape index (κ3) is 4.84. The molecule has 5 rings (SSSR count). The number of anilines is 2. The van der Waals surface area contributed by atoms with Crippen LogP contribution in [0.5, 0.6) is 0 Å². The Bertz CT molecular complexity index is 1200. The van der Waals surface area contributed by atoms with E-state index in [0.29, 0.717) is 42.1 Å². The van der Waals surface area contributed by atoms with Gasteiger partial charge in [-0.1, -0.05) is 25.3 Å². The molecule has 2 aliphatic heterocycles. The average Bonchev–Trinajstić information content (AvgIpc) is 3.41. The SMILES string of the molecule is Cc1cc(C(=O)NC(C(=O)Nc2ccc3c(c2)NC(=O)C32CCOCC2)C2CCCCC2)n(C(F)F)n1. The molecule has 3 amide bonds. The third-order valence-corrected chi connectivity index (χ3v) is 7.80. The number of hydrogen-bond donors (Lipinski definition) is 3. The lowest BCUT2D eigenvalue weighted by Crippen LogP contribution is -2.49. The molecule has 1 aromatic heterocycles. The van der Waals surface area contributed by atoms with Gasteiger partial charge in [-0.3, -0.25) is 14.4 Å². The second-order valence-corrected chi connectivity index (χ2v) is 10.1. The average molecular weight is 516 g/mol. The number of carbonyl (C=O) groups is 3. The fourth-order valence-corrected chi connectivity index (χ4v) is 5.86. The molecule has 0 bridgehead atoms. The summed E-state index contributed by atoms with van der Waals surface area (Å²) in [6.07, 6.45) is 5.59. The molecule has 2 fully saturated rings. The van der Waals surface area contributed by atoms with Gasteiger partial charge in [-0.25, -0.2) is 0 Å². The van der Waals surface area contributed by atoms with Gasteiger partial charge in [0.25, 0.3) is 5.91 Å².